The molecule has 3 nitrogen and oxygen atoms in total. The van der Waals surface area contributed by atoms with Gasteiger partial charge in [-0.3, -0.25) is 9.83 Å². The first-order chi connectivity index (χ1) is 6.35. The fourth-order valence-electron chi connectivity index (χ4n) is 1.48. The highest BCUT2D eigenvalue weighted by atomic mass is 15.1. The van der Waals surface area contributed by atoms with Crippen LogP contribution in [0.5, 0.6) is 0 Å². The van der Waals surface area contributed by atoms with Crippen LogP contribution in [0, 0.1) is 6.57 Å². The molecule has 0 bridgehead atoms. The summed E-state index contributed by atoms with van der Waals surface area (Å²) in [5, 5.41) is 3.22. The fraction of sp³-hybridized carbons (Fsp3) is 0.400. The summed E-state index contributed by atoms with van der Waals surface area (Å²) in [4.78, 5) is 7.63. The van der Waals surface area contributed by atoms with Crippen LogP contribution in [0.3, 0.4) is 0 Å². The van der Waals surface area contributed by atoms with Gasteiger partial charge in [-0.25, -0.2) is 6.57 Å². The molecule has 13 heavy (non-hydrogen) atoms. The quantitative estimate of drug-likeness (QED) is 0.695. The van der Waals surface area contributed by atoms with Crippen LogP contribution in [0.25, 0.3) is 4.85 Å². The summed E-state index contributed by atoms with van der Waals surface area (Å²) in [6.45, 7) is 7.10. The van der Waals surface area contributed by atoms with Gasteiger partial charge < -0.3 is 5.32 Å². The molecule has 0 radical (unpaired) electrons. The molecule has 0 saturated heterocycles. The van der Waals surface area contributed by atoms with Crippen molar-refractivity contribution < 1.29 is 0 Å². The monoisotopic (exact) mass is 173 g/mol. The zero-order valence-corrected chi connectivity index (χ0v) is 7.33. The van der Waals surface area contributed by atoms with Crippen LogP contribution in [0.2, 0.25) is 0 Å². The average Bonchev–Trinajstić information content (AvgIpc) is 2.13. The lowest BCUT2D eigenvalue weighted by atomic mass is 9.85. The van der Waals surface area contributed by atoms with Gasteiger partial charge >= 0.3 is 5.66 Å². The second-order valence-electron chi connectivity index (χ2n) is 3.36. The molecule has 1 saturated carbocycles. The van der Waals surface area contributed by atoms with E-state index in [1.54, 1.807) is 12.4 Å². The number of rotatable bonds is 2. The van der Waals surface area contributed by atoms with E-state index in [1.165, 1.54) is 0 Å². The first-order valence-corrected chi connectivity index (χ1v) is 4.41. The van der Waals surface area contributed by atoms with E-state index in [9.17, 15) is 0 Å². The molecule has 0 spiro atoms. The Bertz CT molecular complexity index is 322. The maximum atomic E-state index is 7.10. The van der Waals surface area contributed by atoms with E-state index in [1.807, 2.05) is 12.1 Å². The Morgan fingerprint density at radius 2 is 2.38 bits per heavy atom. The van der Waals surface area contributed by atoms with Gasteiger partial charge in [-0.15, -0.1) is 0 Å². The van der Waals surface area contributed by atoms with Crippen molar-refractivity contribution in [1.29, 1.82) is 0 Å². The largest absolute Gasteiger partial charge is 0.313 e. The van der Waals surface area contributed by atoms with Crippen LogP contribution in [-0.2, 0) is 0 Å². The maximum Gasteiger partial charge on any atom is 0.305 e. The van der Waals surface area contributed by atoms with Gasteiger partial charge in [0.25, 0.3) is 0 Å². The first-order valence-electron chi connectivity index (χ1n) is 4.41. The molecule has 1 aliphatic carbocycles. The van der Waals surface area contributed by atoms with Gasteiger partial charge in [-0.1, -0.05) is 0 Å². The minimum absolute atomic E-state index is 0.330. The molecule has 0 atom stereocenters. The lowest BCUT2D eigenvalue weighted by molar-refractivity contribution is 0.343. The molecule has 2 rings (SSSR count). The summed E-state index contributed by atoms with van der Waals surface area (Å²) in [6, 6.07) is 3.82. The Labute approximate surface area is 77.6 Å². The molecule has 0 aliphatic heterocycles. The summed E-state index contributed by atoms with van der Waals surface area (Å²) >= 11 is 0. The molecule has 0 amide bonds. The summed E-state index contributed by atoms with van der Waals surface area (Å²) in [5.41, 5.74) is 0.612. The second-order valence-corrected chi connectivity index (χ2v) is 3.36. The fourth-order valence-corrected chi connectivity index (χ4v) is 1.48. The molecule has 1 N–H and O–H groups in total. The van der Waals surface area contributed by atoms with Crippen molar-refractivity contribution in [2.45, 2.75) is 24.9 Å². The average molecular weight is 173 g/mol. The highest BCUT2D eigenvalue weighted by Gasteiger charge is 2.43. The van der Waals surface area contributed by atoms with Crippen molar-refractivity contribution in [3.8, 4) is 0 Å². The van der Waals surface area contributed by atoms with Crippen LogP contribution in [0.1, 0.15) is 19.3 Å². The van der Waals surface area contributed by atoms with Crippen LogP contribution >= 0.6 is 0 Å². The van der Waals surface area contributed by atoms with E-state index in [0.717, 1.165) is 24.9 Å². The lowest BCUT2D eigenvalue weighted by Crippen LogP contribution is -2.41. The third-order valence-corrected chi connectivity index (χ3v) is 2.43. The Kier molecular flexibility index (Phi) is 1.90. The molecule has 1 aromatic rings. The Morgan fingerprint density at radius 3 is 2.85 bits per heavy atom. The van der Waals surface area contributed by atoms with Crippen molar-refractivity contribution in [3.05, 3.63) is 35.9 Å². The normalized spacial score (nSPS) is 18.4. The second kappa shape index (κ2) is 3.06. The van der Waals surface area contributed by atoms with Gasteiger partial charge in [0.2, 0.25) is 0 Å². The van der Waals surface area contributed by atoms with E-state index < -0.39 is 0 Å². The smallest absolute Gasteiger partial charge is 0.305 e. The Hall–Kier alpha value is -1.56. The molecule has 1 fully saturated rings. The van der Waals surface area contributed by atoms with E-state index in [4.69, 9.17) is 6.57 Å². The summed E-state index contributed by atoms with van der Waals surface area (Å²) in [5.74, 6) is 0. The third-order valence-electron chi connectivity index (χ3n) is 2.43. The number of pyridine rings is 1. The molecule has 1 aliphatic rings. The van der Waals surface area contributed by atoms with Crippen LogP contribution in [0.15, 0.2) is 24.5 Å². The standard InChI is InChI=1S/C10H11N3/c1-11-10(5-3-6-10)13-9-4-2-7-12-8-9/h2,4,7-8,13H,3,5-6H2. The minimum atomic E-state index is -0.330. The zero-order valence-electron chi connectivity index (χ0n) is 7.33. The molecular weight excluding hydrogens is 162 g/mol. The molecule has 0 aromatic carbocycles. The highest BCUT2D eigenvalue weighted by Crippen LogP contribution is 2.36. The van der Waals surface area contributed by atoms with Gasteiger partial charge in [0, 0.05) is 19.0 Å². The Balaban J connectivity index is 2.10. The van der Waals surface area contributed by atoms with Gasteiger partial charge in [0.05, 0.1) is 11.9 Å². The van der Waals surface area contributed by atoms with E-state index in [0.29, 0.717) is 0 Å². The zero-order chi connectivity index (χ0) is 9.15. The molecular formula is C10H11N3. The number of hydrogen-bond acceptors (Lipinski definition) is 2. The van der Waals surface area contributed by atoms with Gasteiger partial charge in [0.1, 0.15) is 0 Å². The Morgan fingerprint density at radius 1 is 1.54 bits per heavy atom. The van der Waals surface area contributed by atoms with E-state index >= 15 is 0 Å². The lowest BCUT2D eigenvalue weighted by Gasteiger charge is -2.31. The van der Waals surface area contributed by atoms with Crippen molar-refractivity contribution >= 4 is 5.69 Å². The molecule has 3 heteroatoms. The van der Waals surface area contributed by atoms with E-state index in [2.05, 4.69) is 15.1 Å². The molecule has 1 heterocycles. The predicted octanol–water partition coefficient (Wildman–Crippen LogP) is 2.29. The predicted molar refractivity (Wildman–Crippen MR) is 51.0 cm³/mol. The van der Waals surface area contributed by atoms with Crippen molar-refractivity contribution in [2.75, 3.05) is 5.32 Å². The van der Waals surface area contributed by atoms with Crippen LogP contribution in [-0.4, -0.2) is 10.6 Å². The van der Waals surface area contributed by atoms with Gasteiger partial charge in [0.15, 0.2) is 0 Å². The van der Waals surface area contributed by atoms with Crippen LogP contribution < -0.4 is 5.32 Å². The highest BCUT2D eigenvalue weighted by molar-refractivity contribution is 5.44. The molecule has 1 aromatic heterocycles. The summed E-state index contributed by atoms with van der Waals surface area (Å²) in [7, 11) is 0. The summed E-state index contributed by atoms with van der Waals surface area (Å²) in [6.07, 6.45) is 6.54. The van der Waals surface area contributed by atoms with Crippen molar-refractivity contribution in [1.82, 2.24) is 4.98 Å². The van der Waals surface area contributed by atoms with Crippen molar-refractivity contribution in [2.24, 2.45) is 0 Å². The van der Waals surface area contributed by atoms with E-state index in [-0.39, 0.29) is 5.66 Å². The number of nitrogens with zero attached hydrogens (tertiary/aromatic N) is 2. The maximum absolute atomic E-state index is 7.10. The van der Waals surface area contributed by atoms with Crippen molar-refractivity contribution in [3.63, 3.8) is 0 Å². The number of aromatic nitrogens is 1. The number of nitrogens with one attached hydrogen (secondary N) is 1. The SMILES string of the molecule is [C-]#[N+]C1(Nc2cccnc2)CCC1. The topological polar surface area (TPSA) is 29.3 Å². The third kappa shape index (κ3) is 1.48. The van der Waals surface area contributed by atoms with Gasteiger partial charge in [-0.05, 0) is 18.6 Å². The van der Waals surface area contributed by atoms with Crippen LogP contribution in [0.4, 0.5) is 5.69 Å². The summed E-state index contributed by atoms with van der Waals surface area (Å²) < 4.78 is 0. The van der Waals surface area contributed by atoms with Gasteiger partial charge in [-0.2, -0.15) is 0 Å². The molecule has 66 valence electrons. The molecule has 0 unspecified atom stereocenters. The number of hydrogen-bond donors (Lipinski definition) is 1. The number of anilines is 1. The minimum Gasteiger partial charge on any atom is -0.313 e. The first kappa shape index (κ1) is 8.06.